The third-order valence-corrected chi connectivity index (χ3v) is 6.01. The maximum atomic E-state index is 13.0. The van der Waals surface area contributed by atoms with Gasteiger partial charge in [0.2, 0.25) is 0 Å². The quantitative estimate of drug-likeness (QED) is 0.544. The summed E-state index contributed by atoms with van der Waals surface area (Å²) in [6, 6.07) is 14.1. The standard InChI is InChI=1S/C25H26ClN3O/c1-17-27-14-18(15-28-17)16-29-25(30)23-12-21(19-5-3-2-4-6-19)11-22(13-23)20-7-9-24(26)10-8-20/h7-15,19H,2-6,16H2,1H3,(H,29,30). The van der Waals surface area contributed by atoms with Crippen molar-refractivity contribution < 1.29 is 4.79 Å². The number of nitrogens with zero attached hydrogens (tertiary/aromatic N) is 2. The number of nitrogens with one attached hydrogen (secondary N) is 1. The highest BCUT2D eigenvalue weighted by atomic mass is 35.5. The van der Waals surface area contributed by atoms with Gasteiger partial charge in [-0.05, 0) is 66.6 Å². The molecule has 0 aliphatic heterocycles. The summed E-state index contributed by atoms with van der Waals surface area (Å²) < 4.78 is 0. The van der Waals surface area contributed by atoms with Crippen molar-refractivity contribution in [2.24, 2.45) is 0 Å². The van der Waals surface area contributed by atoms with E-state index in [1.165, 1.54) is 37.7 Å². The number of rotatable bonds is 5. The summed E-state index contributed by atoms with van der Waals surface area (Å²) in [7, 11) is 0. The van der Waals surface area contributed by atoms with Crippen molar-refractivity contribution in [2.45, 2.75) is 51.5 Å². The van der Waals surface area contributed by atoms with Crippen molar-refractivity contribution in [3.8, 4) is 11.1 Å². The lowest BCUT2D eigenvalue weighted by atomic mass is 9.82. The van der Waals surface area contributed by atoms with E-state index in [1.54, 1.807) is 12.4 Å². The maximum Gasteiger partial charge on any atom is 0.251 e. The number of carbonyl (C=O) groups excluding carboxylic acids is 1. The minimum atomic E-state index is -0.0801. The molecule has 0 spiro atoms. The molecule has 0 unspecified atom stereocenters. The number of hydrogen-bond acceptors (Lipinski definition) is 3. The highest BCUT2D eigenvalue weighted by Gasteiger charge is 2.19. The Kier molecular flexibility index (Phi) is 6.44. The second-order valence-corrected chi connectivity index (χ2v) is 8.44. The summed E-state index contributed by atoms with van der Waals surface area (Å²) in [4.78, 5) is 21.4. The molecule has 30 heavy (non-hydrogen) atoms. The number of hydrogen-bond donors (Lipinski definition) is 1. The number of amides is 1. The first-order valence-corrected chi connectivity index (χ1v) is 10.9. The zero-order valence-electron chi connectivity index (χ0n) is 17.2. The molecule has 1 heterocycles. The predicted octanol–water partition coefficient (Wildman–Crippen LogP) is 6.08. The van der Waals surface area contributed by atoms with Crippen LogP contribution < -0.4 is 5.32 Å². The summed E-state index contributed by atoms with van der Waals surface area (Å²) in [6.07, 6.45) is 9.69. The summed E-state index contributed by atoms with van der Waals surface area (Å²) in [5.41, 5.74) is 4.95. The average Bonchev–Trinajstić information content (AvgIpc) is 2.79. The third kappa shape index (κ3) is 5.06. The minimum absolute atomic E-state index is 0.0801. The van der Waals surface area contributed by atoms with Crippen molar-refractivity contribution in [3.63, 3.8) is 0 Å². The smallest absolute Gasteiger partial charge is 0.251 e. The Morgan fingerprint density at radius 1 is 1.00 bits per heavy atom. The molecule has 1 fully saturated rings. The molecule has 1 saturated carbocycles. The van der Waals surface area contributed by atoms with Gasteiger partial charge in [-0.2, -0.15) is 0 Å². The largest absolute Gasteiger partial charge is 0.348 e. The molecular formula is C25H26ClN3O. The molecule has 2 aromatic carbocycles. The zero-order valence-corrected chi connectivity index (χ0v) is 18.0. The molecule has 0 bridgehead atoms. The van der Waals surface area contributed by atoms with Crippen molar-refractivity contribution in [2.75, 3.05) is 0 Å². The zero-order chi connectivity index (χ0) is 20.9. The summed E-state index contributed by atoms with van der Waals surface area (Å²) in [5.74, 6) is 1.16. The first-order chi connectivity index (χ1) is 14.6. The van der Waals surface area contributed by atoms with Crippen LogP contribution in [0.25, 0.3) is 11.1 Å². The fourth-order valence-corrected chi connectivity index (χ4v) is 4.18. The normalized spacial score (nSPS) is 14.5. The van der Waals surface area contributed by atoms with Gasteiger partial charge >= 0.3 is 0 Å². The fourth-order valence-electron chi connectivity index (χ4n) is 4.06. The first kappa shape index (κ1) is 20.5. The molecule has 0 atom stereocenters. The Balaban J connectivity index is 1.61. The van der Waals surface area contributed by atoms with Crippen LogP contribution in [0, 0.1) is 6.92 Å². The van der Waals surface area contributed by atoms with Gasteiger partial charge in [0, 0.05) is 35.1 Å². The molecule has 4 nitrogen and oxygen atoms in total. The Hall–Kier alpha value is -2.72. The molecule has 3 aromatic rings. The molecule has 1 aliphatic carbocycles. The van der Waals surface area contributed by atoms with E-state index in [-0.39, 0.29) is 5.91 Å². The third-order valence-electron chi connectivity index (χ3n) is 5.76. The minimum Gasteiger partial charge on any atom is -0.348 e. The lowest BCUT2D eigenvalue weighted by Gasteiger charge is -2.23. The van der Waals surface area contributed by atoms with Crippen molar-refractivity contribution in [3.05, 3.63) is 82.4 Å². The molecule has 1 aromatic heterocycles. The van der Waals surface area contributed by atoms with E-state index in [2.05, 4.69) is 27.4 Å². The molecule has 4 rings (SSSR count). The Morgan fingerprint density at radius 2 is 1.70 bits per heavy atom. The number of carbonyl (C=O) groups is 1. The van der Waals surface area contributed by atoms with Gasteiger partial charge < -0.3 is 5.32 Å². The van der Waals surface area contributed by atoms with Gasteiger partial charge in [0.15, 0.2) is 0 Å². The molecule has 0 radical (unpaired) electrons. The SMILES string of the molecule is Cc1ncc(CNC(=O)c2cc(-c3ccc(Cl)cc3)cc(C3CCCCC3)c2)cn1. The summed E-state index contributed by atoms with van der Waals surface area (Å²) in [5, 5.41) is 3.72. The van der Waals surface area contributed by atoms with Crippen molar-refractivity contribution in [1.82, 2.24) is 15.3 Å². The lowest BCUT2D eigenvalue weighted by Crippen LogP contribution is -2.23. The summed E-state index contributed by atoms with van der Waals surface area (Å²) >= 11 is 6.07. The van der Waals surface area contributed by atoms with Crippen LogP contribution in [0.4, 0.5) is 0 Å². The highest BCUT2D eigenvalue weighted by molar-refractivity contribution is 6.30. The van der Waals surface area contributed by atoms with Crippen LogP contribution in [0.15, 0.2) is 54.9 Å². The lowest BCUT2D eigenvalue weighted by molar-refractivity contribution is 0.0950. The van der Waals surface area contributed by atoms with Crippen LogP contribution in [0.3, 0.4) is 0 Å². The number of benzene rings is 2. The van der Waals surface area contributed by atoms with Gasteiger partial charge in [0.25, 0.3) is 5.91 Å². The van der Waals surface area contributed by atoms with Gasteiger partial charge in [-0.3, -0.25) is 4.79 Å². The van der Waals surface area contributed by atoms with Gasteiger partial charge in [-0.1, -0.05) is 49.1 Å². The maximum absolute atomic E-state index is 13.0. The van der Waals surface area contributed by atoms with E-state index in [4.69, 9.17) is 11.6 Å². The molecule has 0 saturated heterocycles. The second kappa shape index (κ2) is 9.40. The Morgan fingerprint density at radius 3 is 2.40 bits per heavy atom. The Labute approximate surface area is 182 Å². The van der Waals surface area contributed by atoms with Crippen LogP contribution >= 0.6 is 11.6 Å². The summed E-state index contributed by atoms with van der Waals surface area (Å²) in [6.45, 7) is 2.25. The highest BCUT2D eigenvalue weighted by Crippen LogP contribution is 2.35. The molecule has 1 N–H and O–H groups in total. The van der Waals surface area contributed by atoms with E-state index >= 15 is 0 Å². The molecule has 1 amide bonds. The van der Waals surface area contributed by atoms with Gasteiger partial charge in [0.05, 0.1) is 0 Å². The van der Waals surface area contributed by atoms with E-state index in [1.807, 2.05) is 37.3 Å². The number of aromatic nitrogens is 2. The first-order valence-electron chi connectivity index (χ1n) is 10.5. The van der Waals surface area contributed by atoms with E-state index < -0.39 is 0 Å². The molecular weight excluding hydrogens is 394 g/mol. The van der Waals surface area contributed by atoms with Crippen LogP contribution in [-0.2, 0) is 6.54 Å². The number of aryl methyl sites for hydroxylation is 1. The van der Waals surface area contributed by atoms with Crippen LogP contribution in [0.2, 0.25) is 5.02 Å². The average molecular weight is 420 g/mol. The van der Waals surface area contributed by atoms with Gasteiger partial charge in [-0.15, -0.1) is 0 Å². The topological polar surface area (TPSA) is 54.9 Å². The van der Waals surface area contributed by atoms with E-state index in [0.29, 0.717) is 23.0 Å². The Bertz CT molecular complexity index is 1010. The number of halogens is 1. The van der Waals surface area contributed by atoms with E-state index in [9.17, 15) is 4.79 Å². The molecule has 1 aliphatic rings. The van der Waals surface area contributed by atoms with Gasteiger partial charge in [-0.25, -0.2) is 9.97 Å². The van der Waals surface area contributed by atoms with Crippen LogP contribution in [0.1, 0.15) is 65.3 Å². The molecule has 5 heteroatoms. The van der Waals surface area contributed by atoms with Crippen molar-refractivity contribution in [1.29, 1.82) is 0 Å². The second-order valence-electron chi connectivity index (χ2n) is 8.01. The van der Waals surface area contributed by atoms with Gasteiger partial charge in [0.1, 0.15) is 5.82 Å². The molecule has 154 valence electrons. The monoisotopic (exact) mass is 419 g/mol. The van der Waals surface area contributed by atoms with Crippen LogP contribution in [0.5, 0.6) is 0 Å². The van der Waals surface area contributed by atoms with E-state index in [0.717, 1.165) is 22.5 Å². The van der Waals surface area contributed by atoms with Crippen molar-refractivity contribution >= 4 is 17.5 Å². The fraction of sp³-hybridized carbons (Fsp3) is 0.320. The van der Waals surface area contributed by atoms with Crippen LogP contribution in [-0.4, -0.2) is 15.9 Å². The predicted molar refractivity (Wildman–Crippen MR) is 121 cm³/mol.